The molecule has 3 nitrogen and oxygen atoms in total. The summed E-state index contributed by atoms with van der Waals surface area (Å²) in [5.41, 5.74) is 7.74. The summed E-state index contributed by atoms with van der Waals surface area (Å²) in [5, 5.41) is 0. The molecular weight excluding hydrogens is 293 g/mol. The van der Waals surface area contributed by atoms with Crippen LogP contribution >= 0.6 is 34.8 Å². The molecule has 96 valence electrons. The zero-order chi connectivity index (χ0) is 13.2. The lowest BCUT2D eigenvalue weighted by molar-refractivity contribution is 0.737. The third-order valence-corrected chi connectivity index (χ3v) is 3.09. The average molecular weight is 305 g/mol. The van der Waals surface area contributed by atoms with Crippen molar-refractivity contribution >= 4 is 34.8 Å². The van der Waals surface area contributed by atoms with Crippen LogP contribution in [0.15, 0.2) is 36.7 Å². The van der Waals surface area contributed by atoms with Crippen LogP contribution in [0, 0.1) is 0 Å². The third-order valence-electron chi connectivity index (χ3n) is 2.58. The van der Waals surface area contributed by atoms with Gasteiger partial charge in [-0.25, -0.2) is 4.98 Å². The molecule has 2 aromatic rings. The van der Waals surface area contributed by atoms with E-state index in [1.54, 1.807) is 12.4 Å². The molecule has 0 bridgehead atoms. The van der Waals surface area contributed by atoms with Gasteiger partial charge in [0.25, 0.3) is 0 Å². The molecule has 0 aliphatic heterocycles. The van der Waals surface area contributed by atoms with Crippen LogP contribution in [-0.2, 0) is 16.9 Å². The Balaban J connectivity index is 2.21. The van der Waals surface area contributed by atoms with Crippen molar-refractivity contribution in [2.75, 3.05) is 0 Å². The Labute approximate surface area is 120 Å². The highest BCUT2D eigenvalue weighted by molar-refractivity contribution is 6.66. The quantitative estimate of drug-likeness (QED) is 0.885. The minimum atomic E-state index is -1.51. The van der Waals surface area contributed by atoms with Crippen LogP contribution in [0.4, 0.5) is 0 Å². The maximum absolute atomic E-state index is 5.85. The zero-order valence-corrected chi connectivity index (χ0v) is 11.8. The van der Waals surface area contributed by atoms with Crippen LogP contribution in [0.25, 0.3) is 0 Å². The predicted octanol–water partition coefficient (Wildman–Crippen LogP) is 3.22. The molecule has 0 saturated heterocycles. The summed E-state index contributed by atoms with van der Waals surface area (Å²) in [6.07, 6.45) is 3.40. The standard InChI is InChI=1S/C12H12Cl3N3/c13-12(14,15)11-17-5-6-18(11)8-10-3-1-9(7-16)2-4-10/h1-6H,7-8,16H2. The number of imidazole rings is 1. The molecule has 2 rings (SSSR count). The van der Waals surface area contributed by atoms with Crippen molar-refractivity contribution in [2.24, 2.45) is 5.73 Å². The van der Waals surface area contributed by atoms with Gasteiger partial charge < -0.3 is 10.3 Å². The molecule has 2 N–H and O–H groups in total. The van der Waals surface area contributed by atoms with E-state index in [2.05, 4.69) is 4.98 Å². The summed E-state index contributed by atoms with van der Waals surface area (Å²) in [5.74, 6) is 0.412. The second-order valence-electron chi connectivity index (χ2n) is 3.90. The van der Waals surface area contributed by atoms with Crippen LogP contribution in [0.1, 0.15) is 17.0 Å². The van der Waals surface area contributed by atoms with Gasteiger partial charge in [-0.15, -0.1) is 0 Å². The third kappa shape index (κ3) is 3.18. The first-order chi connectivity index (χ1) is 8.50. The number of nitrogens with two attached hydrogens (primary N) is 1. The second kappa shape index (κ2) is 5.49. The van der Waals surface area contributed by atoms with E-state index in [0.717, 1.165) is 11.1 Å². The summed E-state index contributed by atoms with van der Waals surface area (Å²) >= 11 is 17.5. The molecule has 0 spiro atoms. The predicted molar refractivity (Wildman–Crippen MR) is 74.9 cm³/mol. The molecule has 6 heteroatoms. The van der Waals surface area contributed by atoms with Gasteiger partial charge in [-0.3, -0.25) is 0 Å². The van der Waals surface area contributed by atoms with Gasteiger partial charge in [0.2, 0.25) is 3.79 Å². The maximum atomic E-state index is 5.85. The molecule has 1 aromatic carbocycles. The van der Waals surface area contributed by atoms with Crippen molar-refractivity contribution in [1.82, 2.24) is 9.55 Å². The lowest BCUT2D eigenvalue weighted by atomic mass is 10.1. The van der Waals surface area contributed by atoms with E-state index in [0.29, 0.717) is 18.9 Å². The first kappa shape index (κ1) is 13.7. The van der Waals surface area contributed by atoms with Crippen LogP contribution in [-0.4, -0.2) is 9.55 Å². The van der Waals surface area contributed by atoms with Crippen LogP contribution in [0.5, 0.6) is 0 Å². The normalized spacial score (nSPS) is 11.8. The lowest BCUT2D eigenvalue weighted by Gasteiger charge is -2.13. The number of nitrogens with zero attached hydrogens (tertiary/aromatic N) is 2. The number of aromatic nitrogens is 2. The molecule has 0 aliphatic rings. The van der Waals surface area contributed by atoms with E-state index in [1.807, 2.05) is 28.8 Å². The minimum absolute atomic E-state index is 0.412. The smallest absolute Gasteiger partial charge is 0.248 e. The lowest BCUT2D eigenvalue weighted by Crippen LogP contribution is -2.12. The zero-order valence-electron chi connectivity index (χ0n) is 9.48. The molecule has 0 fully saturated rings. The van der Waals surface area contributed by atoms with E-state index in [9.17, 15) is 0 Å². The van der Waals surface area contributed by atoms with Gasteiger partial charge in [0.15, 0.2) is 5.82 Å². The SMILES string of the molecule is NCc1ccc(Cn2ccnc2C(Cl)(Cl)Cl)cc1. The monoisotopic (exact) mass is 303 g/mol. The van der Waals surface area contributed by atoms with Crippen LogP contribution in [0.3, 0.4) is 0 Å². The molecule has 0 radical (unpaired) electrons. The van der Waals surface area contributed by atoms with Gasteiger partial charge >= 0.3 is 0 Å². The van der Waals surface area contributed by atoms with Crippen molar-refractivity contribution < 1.29 is 0 Å². The number of benzene rings is 1. The fourth-order valence-electron chi connectivity index (χ4n) is 1.67. The summed E-state index contributed by atoms with van der Waals surface area (Å²) in [7, 11) is 0. The Bertz CT molecular complexity index is 514. The summed E-state index contributed by atoms with van der Waals surface area (Å²) in [4.78, 5) is 4.06. The van der Waals surface area contributed by atoms with Gasteiger partial charge in [-0.1, -0.05) is 59.1 Å². The fraction of sp³-hybridized carbons (Fsp3) is 0.250. The number of rotatable bonds is 3. The van der Waals surface area contributed by atoms with E-state index >= 15 is 0 Å². The molecule has 0 aliphatic carbocycles. The minimum Gasteiger partial charge on any atom is -0.327 e. The Hall–Kier alpha value is -0.740. The van der Waals surface area contributed by atoms with Gasteiger partial charge in [0.05, 0.1) is 0 Å². The van der Waals surface area contributed by atoms with Crippen molar-refractivity contribution in [3.05, 3.63) is 53.6 Å². The van der Waals surface area contributed by atoms with Crippen LogP contribution < -0.4 is 5.73 Å². The topological polar surface area (TPSA) is 43.8 Å². The van der Waals surface area contributed by atoms with Gasteiger partial charge in [0.1, 0.15) is 0 Å². The van der Waals surface area contributed by atoms with E-state index in [4.69, 9.17) is 40.5 Å². The van der Waals surface area contributed by atoms with E-state index in [1.165, 1.54) is 0 Å². The highest BCUT2D eigenvalue weighted by Gasteiger charge is 2.28. The number of hydrogen-bond donors (Lipinski definition) is 1. The Kier molecular flexibility index (Phi) is 4.17. The largest absolute Gasteiger partial charge is 0.327 e. The first-order valence-electron chi connectivity index (χ1n) is 5.37. The van der Waals surface area contributed by atoms with Crippen molar-refractivity contribution in [3.8, 4) is 0 Å². The number of halogens is 3. The number of alkyl halides is 3. The molecule has 1 heterocycles. The van der Waals surface area contributed by atoms with Gasteiger partial charge in [-0.2, -0.15) is 0 Å². The van der Waals surface area contributed by atoms with Gasteiger partial charge in [-0.05, 0) is 11.1 Å². The van der Waals surface area contributed by atoms with Crippen molar-refractivity contribution in [1.29, 1.82) is 0 Å². The summed E-state index contributed by atoms with van der Waals surface area (Å²) in [6, 6.07) is 7.98. The average Bonchev–Trinajstić information content (AvgIpc) is 2.78. The molecule has 1 aromatic heterocycles. The maximum Gasteiger partial charge on any atom is 0.248 e. The Morgan fingerprint density at radius 1 is 1.11 bits per heavy atom. The summed E-state index contributed by atoms with van der Waals surface area (Å²) < 4.78 is 0.297. The summed E-state index contributed by atoms with van der Waals surface area (Å²) in [6.45, 7) is 1.14. The molecule has 0 amide bonds. The first-order valence-corrected chi connectivity index (χ1v) is 6.50. The Morgan fingerprint density at radius 3 is 2.28 bits per heavy atom. The van der Waals surface area contributed by atoms with E-state index < -0.39 is 3.79 Å². The van der Waals surface area contributed by atoms with Gasteiger partial charge in [0, 0.05) is 25.5 Å². The molecule has 18 heavy (non-hydrogen) atoms. The van der Waals surface area contributed by atoms with Crippen molar-refractivity contribution in [2.45, 2.75) is 16.9 Å². The van der Waals surface area contributed by atoms with Crippen molar-refractivity contribution in [3.63, 3.8) is 0 Å². The molecule has 0 unspecified atom stereocenters. The van der Waals surface area contributed by atoms with E-state index in [-0.39, 0.29) is 0 Å². The fourth-order valence-corrected chi connectivity index (χ4v) is 2.14. The number of hydrogen-bond acceptors (Lipinski definition) is 2. The molecule has 0 saturated carbocycles. The molecule has 0 atom stereocenters. The highest BCUT2D eigenvalue weighted by Crippen LogP contribution is 2.37. The Morgan fingerprint density at radius 2 is 1.72 bits per heavy atom. The highest BCUT2D eigenvalue weighted by atomic mass is 35.6. The van der Waals surface area contributed by atoms with Crippen LogP contribution in [0.2, 0.25) is 0 Å². The molecular formula is C12H12Cl3N3. The second-order valence-corrected chi connectivity index (χ2v) is 6.18.